The van der Waals surface area contributed by atoms with Crippen molar-refractivity contribution < 1.29 is 9.21 Å². The van der Waals surface area contributed by atoms with Crippen LogP contribution in [0.25, 0.3) is 17.1 Å². The number of nitrogens with zero attached hydrogens (tertiary/aromatic N) is 4. The van der Waals surface area contributed by atoms with E-state index >= 15 is 0 Å². The average Bonchev–Trinajstić information content (AvgIpc) is 3.50. The average molecular weight is 447 g/mol. The molecule has 2 aromatic carbocycles. The van der Waals surface area contributed by atoms with E-state index in [-0.39, 0.29) is 5.91 Å². The molecule has 0 unspecified atom stereocenters. The summed E-state index contributed by atoms with van der Waals surface area (Å²) >= 11 is 6.20. The van der Waals surface area contributed by atoms with E-state index in [1.165, 1.54) is 5.56 Å². The molecule has 5 rings (SSSR count). The van der Waals surface area contributed by atoms with Crippen molar-refractivity contribution in [1.29, 1.82) is 0 Å². The molecule has 1 saturated heterocycles. The molecule has 0 N–H and O–H groups in total. The molecule has 0 saturated carbocycles. The Morgan fingerprint density at radius 3 is 2.47 bits per heavy atom. The normalized spacial score (nSPS) is 14.6. The van der Waals surface area contributed by atoms with E-state index in [2.05, 4.69) is 34.3 Å². The molecular weight excluding hydrogens is 424 g/mol. The lowest BCUT2D eigenvalue weighted by Gasteiger charge is -2.34. The number of carbonyl (C=O) groups excluding carboxylic acids is 1. The smallest absolute Gasteiger partial charge is 0.272 e. The third-order valence-corrected chi connectivity index (χ3v) is 5.90. The number of carbonyl (C=O) groups is 1. The van der Waals surface area contributed by atoms with Crippen LogP contribution in [0, 0.1) is 0 Å². The van der Waals surface area contributed by atoms with Crippen molar-refractivity contribution in [2.45, 2.75) is 6.54 Å². The summed E-state index contributed by atoms with van der Waals surface area (Å²) in [6.07, 6.45) is 1.60. The van der Waals surface area contributed by atoms with Gasteiger partial charge in [-0.2, -0.15) is 5.10 Å². The van der Waals surface area contributed by atoms with Crippen molar-refractivity contribution >= 4 is 17.5 Å². The van der Waals surface area contributed by atoms with Gasteiger partial charge in [-0.15, -0.1) is 0 Å². The second-order valence-corrected chi connectivity index (χ2v) is 8.27. The van der Waals surface area contributed by atoms with E-state index in [4.69, 9.17) is 16.0 Å². The molecule has 32 heavy (non-hydrogen) atoms. The van der Waals surface area contributed by atoms with Gasteiger partial charge in [0.2, 0.25) is 0 Å². The van der Waals surface area contributed by atoms with Crippen molar-refractivity contribution in [1.82, 2.24) is 19.6 Å². The van der Waals surface area contributed by atoms with Crippen LogP contribution in [0.15, 0.2) is 83.5 Å². The van der Waals surface area contributed by atoms with E-state index in [1.54, 1.807) is 35.2 Å². The third-order valence-electron chi connectivity index (χ3n) is 5.66. The number of hydrogen-bond donors (Lipinski definition) is 0. The van der Waals surface area contributed by atoms with Crippen LogP contribution < -0.4 is 0 Å². The molecule has 1 aliphatic rings. The zero-order chi connectivity index (χ0) is 21.9. The molecule has 0 radical (unpaired) electrons. The van der Waals surface area contributed by atoms with Crippen LogP contribution in [0.5, 0.6) is 0 Å². The number of furan rings is 1. The van der Waals surface area contributed by atoms with Crippen molar-refractivity contribution in [3.8, 4) is 17.1 Å². The fraction of sp³-hybridized carbons (Fsp3) is 0.200. The molecular formula is C25H23ClN4O2. The first-order chi connectivity index (χ1) is 15.7. The van der Waals surface area contributed by atoms with Gasteiger partial charge in [0.05, 0.1) is 12.0 Å². The molecule has 0 atom stereocenters. The van der Waals surface area contributed by atoms with Crippen molar-refractivity contribution in [3.05, 3.63) is 95.3 Å². The van der Waals surface area contributed by atoms with E-state index < -0.39 is 0 Å². The third kappa shape index (κ3) is 4.33. The monoisotopic (exact) mass is 446 g/mol. The Labute approximate surface area is 191 Å². The van der Waals surface area contributed by atoms with Gasteiger partial charge in [0, 0.05) is 43.8 Å². The molecule has 1 fully saturated rings. The first-order valence-electron chi connectivity index (χ1n) is 10.6. The van der Waals surface area contributed by atoms with E-state index in [1.807, 2.05) is 29.2 Å². The first-order valence-corrected chi connectivity index (χ1v) is 11.0. The maximum absolute atomic E-state index is 13.5. The molecule has 4 aromatic rings. The van der Waals surface area contributed by atoms with Crippen LogP contribution in [-0.4, -0.2) is 51.7 Å². The molecule has 3 heterocycles. The minimum atomic E-state index is -0.0466. The maximum Gasteiger partial charge on any atom is 0.272 e. The minimum absolute atomic E-state index is 0.0466. The molecule has 7 heteroatoms. The number of rotatable bonds is 5. The Morgan fingerprint density at radius 1 is 0.938 bits per heavy atom. The van der Waals surface area contributed by atoms with Crippen LogP contribution in [0.1, 0.15) is 16.1 Å². The van der Waals surface area contributed by atoms with Gasteiger partial charge in [-0.25, -0.2) is 4.68 Å². The van der Waals surface area contributed by atoms with E-state index in [9.17, 15) is 4.79 Å². The Morgan fingerprint density at radius 2 is 1.75 bits per heavy atom. The summed E-state index contributed by atoms with van der Waals surface area (Å²) in [5.74, 6) is 0.571. The zero-order valence-corrected chi connectivity index (χ0v) is 18.3. The largest absolute Gasteiger partial charge is 0.463 e. The van der Waals surface area contributed by atoms with Gasteiger partial charge in [-0.1, -0.05) is 48.0 Å². The minimum Gasteiger partial charge on any atom is -0.463 e. The lowest BCUT2D eigenvalue weighted by molar-refractivity contribution is 0.0619. The predicted octanol–water partition coefficient (Wildman–Crippen LogP) is 4.74. The van der Waals surface area contributed by atoms with Gasteiger partial charge < -0.3 is 9.32 Å². The topological polar surface area (TPSA) is 54.5 Å². The Balaban J connectivity index is 1.37. The van der Waals surface area contributed by atoms with Crippen LogP contribution in [0.2, 0.25) is 5.02 Å². The highest BCUT2D eigenvalue weighted by Crippen LogP contribution is 2.25. The van der Waals surface area contributed by atoms with Gasteiger partial charge in [-0.05, 0) is 35.9 Å². The van der Waals surface area contributed by atoms with Gasteiger partial charge in [0.25, 0.3) is 5.91 Å². The molecule has 0 aliphatic carbocycles. The van der Waals surface area contributed by atoms with Gasteiger partial charge in [0.15, 0.2) is 5.76 Å². The fourth-order valence-corrected chi connectivity index (χ4v) is 4.18. The number of aromatic nitrogens is 2. The molecule has 162 valence electrons. The van der Waals surface area contributed by atoms with E-state index in [0.29, 0.717) is 35.3 Å². The van der Waals surface area contributed by atoms with Crippen LogP contribution >= 0.6 is 11.6 Å². The quantitative estimate of drug-likeness (QED) is 0.444. The highest BCUT2D eigenvalue weighted by atomic mass is 35.5. The molecule has 6 nitrogen and oxygen atoms in total. The maximum atomic E-state index is 13.5. The van der Waals surface area contributed by atoms with E-state index in [0.717, 1.165) is 25.3 Å². The summed E-state index contributed by atoms with van der Waals surface area (Å²) in [5, 5.41) is 5.25. The van der Waals surface area contributed by atoms with Crippen LogP contribution in [0.3, 0.4) is 0 Å². The van der Waals surface area contributed by atoms with Crippen LogP contribution in [-0.2, 0) is 6.54 Å². The molecule has 2 aromatic heterocycles. The first kappa shape index (κ1) is 20.5. The molecule has 0 bridgehead atoms. The van der Waals surface area contributed by atoms with Gasteiger partial charge in [0.1, 0.15) is 11.4 Å². The highest BCUT2D eigenvalue weighted by Gasteiger charge is 2.26. The fourth-order valence-electron chi connectivity index (χ4n) is 4.00. The number of hydrogen-bond acceptors (Lipinski definition) is 4. The lowest BCUT2D eigenvalue weighted by Crippen LogP contribution is -2.48. The van der Waals surface area contributed by atoms with Crippen molar-refractivity contribution in [2.24, 2.45) is 0 Å². The Bertz CT molecular complexity index is 1200. The zero-order valence-electron chi connectivity index (χ0n) is 17.5. The number of halogens is 1. The second kappa shape index (κ2) is 9.02. The molecule has 1 amide bonds. The summed E-state index contributed by atoms with van der Waals surface area (Å²) in [5.41, 5.74) is 3.13. The summed E-state index contributed by atoms with van der Waals surface area (Å²) in [6, 6.07) is 23.2. The SMILES string of the molecule is O=C(c1cc(-c2ccco2)nn1-c1cccc(Cl)c1)N1CCN(Cc2ccccc2)CC1. The summed E-state index contributed by atoms with van der Waals surface area (Å²) < 4.78 is 7.17. The highest BCUT2D eigenvalue weighted by molar-refractivity contribution is 6.30. The van der Waals surface area contributed by atoms with Crippen molar-refractivity contribution in [2.75, 3.05) is 26.2 Å². The number of amides is 1. The summed E-state index contributed by atoms with van der Waals surface area (Å²) in [6.45, 7) is 3.89. The predicted molar refractivity (Wildman–Crippen MR) is 124 cm³/mol. The molecule has 0 spiro atoms. The van der Waals surface area contributed by atoms with Crippen molar-refractivity contribution in [3.63, 3.8) is 0 Å². The van der Waals surface area contributed by atoms with Gasteiger partial charge in [-0.3, -0.25) is 9.69 Å². The molecule has 1 aliphatic heterocycles. The Hall–Kier alpha value is -3.35. The summed E-state index contributed by atoms with van der Waals surface area (Å²) in [7, 11) is 0. The second-order valence-electron chi connectivity index (χ2n) is 7.84. The summed E-state index contributed by atoms with van der Waals surface area (Å²) in [4.78, 5) is 17.8. The number of benzene rings is 2. The number of piperazine rings is 1. The van der Waals surface area contributed by atoms with Gasteiger partial charge >= 0.3 is 0 Å². The Kier molecular flexibility index (Phi) is 5.79. The standard InChI is InChI=1S/C25H23ClN4O2/c26-20-8-4-9-21(16-20)30-23(17-22(27-30)24-10-5-15-32-24)25(31)29-13-11-28(12-14-29)18-19-6-2-1-3-7-19/h1-10,15-17H,11-14,18H2. The van der Waals surface area contributed by atoms with Crippen LogP contribution in [0.4, 0.5) is 0 Å². The lowest BCUT2D eigenvalue weighted by atomic mass is 10.2.